The summed E-state index contributed by atoms with van der Waals surface area (Å²) >= 11 is 1.70. The van der Waals surface area contributed by atoms with Crippen molar-refractivity contribution in [2.45, 2.75) is 25.4 Å². The average molecular weight is 362 g/mol. The quantitative estimate of drug-likeness (QED) is 0.761. The van der Waals surface area contributed by atoms with E-state index < -0.39 is 0 Å². The Morgan fingerprint density at radius 3 is 2.92 bits per heavy atom. The summed E-state index contributed by atoms with van der Waals surface area (Å²) < 4.78 is 12.5. The molecular formula is C17H22N4O3S. The number of amides is 1. The van der Waals surface area contributed by atoms with E-state index in [-0.39, 0.29) is 12.7 Å². The van der Waals surface area contributed by atoms with Crippen molar-refractivity contribution in [1.82, 2.24) is 20.1 Å². The van der Waals surface area contributed by atoms with Gasteiger partial charge in [0, 0.05) is 31.3 Å². The average Bonchev–Trinajstić information content (AvgIpc) is 3.19. The lowest BCUT2D eigenvalue weighted by atomic mass is 10.2. The Bertz CT molecular complexity index is 760. The van der Waals surface area contributed by atoms with Crippen LogP contribution in [0.1, 0.15) is 30.0 Å². The lowest BCUT2D eigenvalue weighted by Gasteiger charge is -2.07. The first kappa shape index (κ1) is 17.6. The summed E-state index contributed by atoms with van der Waals surface area (Å²) in [7, 11) is 1.96. The van der Waals surface area contributed by atoms with Gasteiger partial charge in [-0.25, -0.2) is 0 Å². The van der Waals surface area contributed by atoms with Gasteiger partial charge in [-0.05, 0) is 24.1 Å². The van der Waals surface area contributed by atoms with Crippen LogP contribution in [0.2, 0.25) is 0 Å². The highest BCUT2D eigenvalue weighted by Gasteiger charge is 2.16. The molecule has 0 saturated carbocycles. The predicted molar refractivity (Wildman–Crippen MR) is 95.2 cm³/mol. The van der Waals surface area contributed by atoms with Crippen molar-refractivity contribution in [2.75, 3.05) is 19.1 Å². The van der Waals surface area contributed by atoms with Crippen LogP contribution in [0, 0.1) is 5.92 Å². The van der Waals surface area contributed by atoms with Crippen molar-refractivity contribution in [3.8, 4) is 11.5 Å². The highest BCUT2D eigenvalue weighted by Crippen LogP contribution is 2.32. The van der Waals surface area contributed by atoms with Crippen LogP contribution in [-0.2, 0) is 13.5 Å². The molecular weight excluding hydrogens is 340 g/mol. The number of benzene rings is 1. The number of ether oxygens (including phenoxy) is 2. The molecule has 134 valence electrons. The summed E-state index contributed by atoms with van der Waals surface area (Å²) in [5.41, 5.74) is 0.551. The normalized spacial score (nSPS) is 12.6. The molecule has 0 spiro atoms. The van der Waals surface area contributed by atoms with Gasteiger partial charge in [0.05, 0.1) is 0 Å². The Balaban J connectivity index is 1.52. The van der Waals surface area contributed by atoms with E-state index in [0.717, 1.165) is 16.7 Å². The maximum atomic E-state index is 12.2. The second-order valence-electron chi connectivity index (χ2n) is 6.24. The summed E-state index contributed by atoms with van der Waals surface area (Å²) in [6.07, 6.45) is 0.627. The van der Waals surface area contributed by atoms with Crippen molar-refractivity contribution in [1.29, 1.82) is 0 Å². The number of nitrogens with one attached hydrogen (secondary N) is 1. The number of aromatic nitrogens is 3. The number of carbonyl (C=O) groups excluding carboxylic acids is 1. The Hall–Kier alpha value is -2.22. The zero-order chi connectivity index (χ0) is 17.8. The molecule has 25 heavy (non-hydrogen) atoms. The monoisotopic (exact) mass is 362 g/mol. The smallest absolute Gasteiger partial charge is 0.251 e. The number of thioether (sulfide) groups is 1. The lowest BCUT2D eigenvalue weighted by molar-refractivity contribution is 0.0953. The Morgan fingerprint density at radius 2 is 2.12 bits per heavy atom. The van der Waals surface area contributed by atoms with Crippen LogP contribution in [-0.4, -0.2) is 39.8 Å². The minimum atomic E-state index is -0.144. The van der Waals surface area contributed by atoms with Crippen LogP contribution < -0.4 is 14.8 Å². The van der Waals surface area contributed by atoms with Crippen molar-refractivity contribution >= 4 is 17.7 Å². The van der Waals surface area contributed by atoms with Gasteiger partial charge in [0.2, 0.25) is 6.79 Å². The number of hydrogen-bond donors (Lipinski definition) is 1. The molecule has 1 aromatic heterocycles. The van der Waals surface area contributed by atoms with Crippen LogP contribution in [0.3, 0.4) is 0 Å². The molecule has 1 aromatic carbocycles. The van der Waals surface area contributed by atoms with Gasteiger partial charge in [0.15, 0.2) is 16.7 Å². The van der Waals surface area contributed by atoms with E-state index in [2.05, 4.69) is 29.4 Å². The molecule has 0 unspecified atom stereocenters. The third-order valence-electron chi connectivity index (χ3n) is 3.74. The van der Waals surface area contributed by atoms with E-state index in [0.29, 0.717) is 35.9 Å². The number of nitrogens with zero attached hydrogens (tertiary/aromatic N) is 3. The lowest BCUT2D eigenvalue weighted by Crippen LogP contribution is -2.26. The summed E-state index contributed by atoms with van der Waals surface area (Å²) in [6, 6.07) is 5.17. The molecule has 0 radical (unpaired) electrons. The van der Waals surface area contributed by atoms with Crippen LogP contribution in [0.15, 0.2) is 23.4 Å². The highest BCUT2D eigenvalue weighted by atomic mass is 32.2. The van der Waals surface area contributed by atoms with Gasteiger partial charge in [-0.2, -0.15) is 0 Å². The summed E-state index contributed by atoms with van der Waals surface area (Å²) in [5.74, 6) is 3.60. The van der Waals surface area contributed by atoms with Gasteiger partial charge in [0.1, 0.15) is 5.82 Å². The van der Waals surface area contributed by atoms with E-state index in [1.165, 1.54) is 0 Å². The molecule has 0 bridgehead atoms. The van der Waals surface area contributed by atoms with Gasteiger partial charge < -0.3 is 19.4 Å². The molecule has 3 rings (SSSR count). The molecule has 1 aliphatic rings. The maximum Gasteiger partial charge on any atom is 0.251 e. The second kappa shape index (κ2) is 7.77. The van der Waals surface area contributed by atoms with Crippen molar-refractivity contribution in [3.63, 3.8) is 0 Å². The maximum absolute atomic E-state index is 12.2. The topological polar surface area (TPSA) is 78.3 Å². The molecule has 1 aliphatic heterocycles. The number of rotatable bonds is 7. The third kappa shape index (κ3) is 4.25. The molecule has 2 heterocycles. The van der Waals surface area contributed by atoms with Gasteiger partial charge in [-0.15, -0.1) is 10.2 Å². The largest absolute Gasteiger partial charge is 0.454 e. The predicted octanol–water partition coefficient (Wildman–Crippen LogP) is 2.26. The Kier molecular flexibility index (Phi) is 5.47. The zero-order valence-corrected chi connectivity index (χ0v) is 15.4. The summed E-state index contributed by atoms with van der Waals surface area (Å²) in [6.45, 7) is 5.05. The molecule has 0 fully saturated rings. The van der Waals surface area contributed by atoms with Gasteiger partial charge >= 0.3 is 0 Å². The van der Waals surface area contributed by atoms with Gasteiger partial charge in [-0.1, -0.05) is 25.6 Å². The Labute approximate surface area is 151 Å². The van der Waals surface area contributed by atoms with Gasteiger partial charge in [-0.3, -0.25) is 4.79 Å². The van der Waals surface area contributed by atoms with Crippen LogP contribution in [0.4, 0.5) is 0 Å². The number of hydrogen-bond acceptors (Lipinski definition) is 6. The van der Waals surface area contributed by atoms with Crippen LogP contribution in [0.5, 0.6) is 11.5 Å². The van der Waals surface area contributed by atoms with Gasteiger partial charge in [0.25, 0.3) is 5.91 Å². The van der Waals surface area contributed by atoms with E-state index in [4.69, 9.17) is 9.47 Å². The summed E-state index contributed by atoms with van der Waals surface area (Å²) in [4.78, 5) is 12.2. The second-order valence-corrected chi connectivity index (χ2v) is 7.22. The number of carbonyl (C=O) groups is 1. The fraction of sp³-hybridized carbons (Fsp3) is 0.471. The fourth-order valence-electron chi connectivity index (χ4n) is 2.36. The Morgan fingerprint density at radius 1 is 1.32 bits per heavy atom. The molecule has 8 heteroatoms. The minimum absolute atomic E-state index is 0.144. The highest BCUT2D eigenvalue weighted by molar-refractivity contribution is 7.99. The van der Waals surface area contributed by atoms with Crippen LogP contribution in [0.25, 0.3) is 0 Å². The molecule has 1 amide bonds. The number of fused-ring (bicyclic) bond motifs is 1. The minimum Gasteiger partial charge on any atom is -0.454 e. The molecule has 7 nitrogen and oxygen atoms in total. The fourth-order valence-corrected chi connectivity index (χ4v) is 3.24. The standard InChI is InChI=1S/C17H22N4O3S/c1-11(2)9-25-17-20-19-15(21(17)3)6-7-18-16(22)12-4-5-13-14(8-12)24-10-23-13/h4-5,8,11H,6-7,9-10H2,1-3H3,(H,18,22). The first-order chi connectivity index (χ1) is 12.0. The first-order valence-electron chi connectivity index (χ1n) is 8.23. The van der Waals surface area contributed by atoms with Crippen molar-refractivity contribution < 1.29 is 14.3 Å². The van der Waals surface area contributed by atoms with E-state index in [1.54, 1.807) is 30.0 Å². The SMILES string of the molecule is CC(C)CSc1nnc(CCNC(=O)c2ccc3c(c2)OCO3)n1C. The van der Waals surface area contributed by atoms with E-state index in [1.807, 2.05) is 11.6 Å². The van der Waals surface area contributed by atoms with E-state index in [9.17, 15) is 4.79 Å². The molecule has 0 saturated heterocycles. The molecule has 1 N–H and O–H groups in total. The zero-order valence-electron chi connectivity index (χ0n) is 14.6. The van der Waals surface area contributed by atoms with Crippen molar-refractivity contribution in [2.24, 2.45) is 13.0 Å². The molecule has 2 aromatic rings. The first-order valence-corrected chi connectivity index (χ1v) is 9.22. The van der Waals surface area contributed by atoms with Crippen molar-refractivity contribution in [3.05, 3.63) is 29.6 Å². The third-order valence-corrected chi connectivity index (χ3v) is 5.19. The van der Waals surface area contributed by atoms with E-state index >= 15 is 0 Å². The van der Waals surface area contributed by atoms with Crippen LogP contribution >= 0.6 is 11.8 Å². The molecule has 0 atom stereocenters. The summed E-state index contributed by atoms with van der Waals surface area (Å²) in [5, 5.41) is 12.2. The molecule has 0 aliphatic carbocycles.